The second kappa shape index (κ2) is 3.98. The van der Waals surface area contributed by atoms with Crippen molar-refractivity contribution < 1.29 is 4.74 Å². The maximum absolute atomic E-state index is 4.42. The second-order valence-corrected chi connectivity index (χ2v) is 0.805. The Morgan fingerprint density at radius 1 is 2.00 bits per heavy atom. The van der Waals surface area contributed by atoms with Crippen molar-refractivity contribution >= 4 is 12.4 Å². The van der Waals surface area contributed by atoms with E-state index in [2.05, 4.69) is 21.5 Å². The SMILES string of the molecule is COCN=S. The van der Waals surface area contributed by atoms with Crippen molar-refractivity contribution in [2.45, 2.75) is 0 Å². The molecule has 0 aromatic carbocycles. The highest BCUT2D eigenvalue weighted by Gasteiger charge is 1.60. The van der Waals surface area contributed by atoms with Crippen LogP contribution in [0.1, 0.15) is 0 Å². The maximum Gasteiger partial charge on any atom is 0.149 e. The van der Waals surface area contributed by atoms with Gasteiger partial charge in [0.1, 0.15) is 6.73 Å². The van der Waals surface area contributed by atoms with Gasteiger partial charge in [0.2, 0.25) is 0 Å². The Hall–Kier alpha value is -0.0200. The van der Waals surface area contributed by atoms with Gasteiger partial charge < -0.3 is 4.74 Å². The predicted molar refractivity (Wildman–Crippen MR) is 21.7 cm³/mol. The molecule has 0 rings (SSSR count). The van der Waals surface area contributed by atoms with Crippen molar-refractivity contribution in [1.82, 2.24) is 0 Å². The molecule has 30 valence electrons. The normalized spacial score (nSPS) is 7.40. The molecule has 0 aliphatic carbocycles. The van der Waals surface area contributed by atoms with E-state index in [9.17, 15) is 0 Å². The van der Waals surface area contributed by atoms with Crippen LogP contribution < -0.4 is 0 Å². The first kappa shape index (κ1) is 4.98. The zero-order valence-corrected chi connectivity index (χ0v) is 3.79. The minimum Gasteiger partial charge on any atom is -0.361 e. The van der Waals surface area contributed by atoms with Crippen LogP contribution in [0.5, 0.6) is 0 Å². The van der Waals surface area contributed by atoms with Gasteiger partial charge in [-0.1, -0.05) is 0 Å². The summed E-state index contributed by atoms with van der Waals surface area (Å²) < 4.78 is 7.64. The van der Waals surface area contributed by atoms with Crippen LogP contribution in [0.25, 0.3) is 0 Å². The van der Waals surface area contributed by atoms with Gasteiger partial charge in [0.15, 0.2) is 0 Å². The van der Waals surface area contributed by atoms with E-state index in [0.29, 0.717) is 6.73 Å². The highest BCUT2D eigenvalue weighted by molar-refractivity contribution is 7.47. The molecule has 0 aromatic rings. The molecule has 0 aliphatic heterocycles. The van der Waals surface area contributed by atoms with Crippen molar-refractivity contribution in [2.24, 2.45) is 4.36 Å². The molecule has 0 N–H and O–H groups in total. The first-order valence-electron chi connectivity index (χ1n) is 1.20. The molecule has 0 unspecified atom stereocenters. The van der Waals surface area contributed by atoms with Gasteiger partial charge in [-0.25, -0.2) is 0 Å². The molecular formula is C2H5NOS. The van der Waals surface area contributed by atoms with E-state index in [0.717, 1.165) is 0 Å². The van der Waals surface area contributed by atoms with Crippen LogP contribution in [0.4, 0.5) is 0 Å². The van der Waals surface area contributed by atoms with E-state index in [1.165, 1.54) is 0 Å². The molecule has 0 radical (unpaired) electrons. The number of nitrogens with zero attached hydrogens (tertiary/aromatic N) is 1. The molecule has 0 aromatic heterocycles. The molecular weight excluding hydrogens is 86.1 g/mol. The minimum atomic E-state index is 0.329. The van der Waals surface area contributed by atoms with Gasteiger partial charge in [-0.15, -0.1) is 0 Å². The quantitative estimate of drug-likeness (QED) is 0.488. The standard InChI is InChI=1S/C2H5NOS/c1-4-2-3-5/h2H2,1H3. The van der Waals surface area contributed by atoms with Crippen molar-refractivity contribution in [3.05, 3.63) is 0 Å². The second-order valence-electron chi connectivity index (χ2n) is 0.547. The number of ether oxygens (including phenoxy) is 1. The summed E-state index contributed by atoms with van der Waals surface area (Å²) >= 11 is 4.15. The Bertz CT molecular complexity index is 30.8. The van der Waals surface area contributed by atoms with Gasteiger partial charge in [0.25, 0.3) is 0 Å². The Labute approximate surface area is 36.3 Å². The molecule has 0 saturated heterocycles. The number of methoxy groups -OCH3 is 1. The van der Waals surface area contributed by atoms with Crippen molar-refractivity contribution in [1.29, 1.82) is 0 Å². The summed E-state index contributed by atoms with van der Waals surface area (Å²) in [7, 11) is 1.55. The van der Waals surface area contributed by atoms with Crippen LogP contribution in [0.2, 0.25) is 0 Å². The first-order valence-corrected chi connectivity index (χ1v) is 1.56. The minimum absolute atomic E-state index is 0.329. The van der Waals surface area contributed by atoms with Crippen LogP contribution in [0.15, 0.2) is 4.36 Å². The molecule has 5 heavy (non-hydrogen) atoms. The Morgan fingerprint density at radius 3 is 2.60 bits per heavy atom. The summed E-state index contributed by atoms with van der Waals surface area (Å²) in [5.41, 5.74) is 0. The highest BCUT2D eigenvalue weighted by atomic mass is 32.1. The van der Waals surface area contributed by atoms with Gasteiger partial charge in [0.05, 0.1) is 0 Å². The highest BCUT2D eigenvalue weighted by Crippen LogP contribution is 1.60. The molecule has 0 fully saturated rings. The zero-order chi connectivity index (χ0) is 4.12. The molecule has 3 heteroatoms. The smallest absolute Gasteiger partial charge is 0.149 e. The third kappa shape index (κ3) is 3.98. The summed E-state index contributed by atoms with van der Waals surface area (Å²) in [4.78, 5) is 0. The van der Waals surface area contributed by atoms with Crippen molar-refractivity contribution in [2.75, 3.05) is 13.8 Å². The zero-order valence-electron chi connectivity index (χ0n) is 2.97. The van der Waals surface area contributed by atoms with E-state index in [4.69, 9.17) is 0 Å². The predicted octanol–water partition coefficient (Wildman–Crippen LogP) is 0.321. The fourth-order valence-electron chi connectivity index (χ4n) is 0.0527. The molecule has 0 heterocycles. The summed E-state index contributed by atoms with van der Waals surface area (Å²) in [6, 6.07) is 0. The lowest BCUT2D eigenvalue weighted by Crippen LogP contribution is -1.76. The summed E-state index contributed by atoms with van der Waals surface area (Å²) in [5, 5.41) is 0. The van der Waals surface area contributed by atoms with Gasteiger partial charge in [-0.05, 0) is 0 Å². The van der Waals surface area contributed by atoms with Crippen LogP contribution in [0, 0.1) is 0 Å². The third-order valence-corrected chi connectivity index (χ3v) is 0.287. The van der Waals surface area contributed by atoms with E-state index in [1.807, 2.05) is 0 Å². The van der Waals surface area contributed by atoms with E-state index >= 15 is 0 Å². The average Bonchev–Trinajstić information content (AvgIpc) is 1.41. The fourth-order valence-corrected chi connectivity index (χ4v) is 0.158. The van der Waals surface area contributed by atoms with Crippen LogP contribution in [-0.2, 0) is 17.2 Å². The third-order valence-electron chi connectivity index (χ3n) is 0.182. The van der Waals surface area contributed by atoms with E-state index in [-0.39, 0.29) is 0 Å². The van der Waals surface area contributed by atoms with Crippen LogP contribution in [-0.4, -0.2) is 13.8 Å². The van der Waals surface area contributed by atoms with Gasteiger partial charge in [0, 0.05) is 19.5 Å². The molecule has 0 bridgehead atoms. The number of hydrogen-bond acceptors (Lipinski definition) is 3. The Morgan fingerprint density at radius 2 is 2.60 bits per heavy atom. The topological polar surface area (TPSA) is 21.6 Å². The van der Waals surface area contributed by atoms with Gasteiger partial charge in [-0.2, -0.15) is 4.36 Å². The lowest BCUT2D eigenvalue weighted by molar-refractivity contribution is 0.211. The average molecular weight is 91.1 g/mol. The molecule has 0 spiro atoms. The number of rotatable bonds is 2. The molecule has 2 nitrogen and oxygen atoms in total. The van der Waals surface area contributed by atoms with Gasteiger partial charge in [-0.3, -0.25) is 0 Å². The van der Waals surface area contributed by atoms with Gasteiger partial charge >= 0.3 is 0 Å². The monoisotopic (exact) mass is 91.0 g/mol. The fraction of sp³-hybridized carbons (Fsp3) is 1.00. The Balaban J connectivity index is 2.40. The first-order chi connectivity index (χ1) is 2.41. The van der Waals surface area contributed by atoms with Crippen LogP contribution in [0.3, 0.4) is 0 Å². The van der Waals surface area contributed by atoms with Crippen molar-refractivity contribution in [3.63, 3.8) is 0 Å². The summed E-state index contributed by atoms with van der Waals surface area (Å²) in [6.07, 6.45) is 0. The van der Waals surface area contributed by atoms with E-state index < -0.39 is 0 Å². The summed E-state index contributed by atoms with van der Waals surface area (Å²) in [6.45, 7) is 0.329. The molecule has 0 atom stereocenters. The largest absolute Gasteiger partial charge is 0.361 e. The molecule has 0 saturated carbocycles. The van der Waals surface area contributed by atoms with Crippen LogP contribution >= 0.6 is 0 Å². The van der Waals surface area contributed by atoms with E-state index in [1.54, 1.807) is 7.11 Å². The molecule has 0 amide bonds. The molecule has 0 aliphatic rings. The lowest BCUT2D eigenvalue weighted by atomic mass is 11.3. The lowest BCUT2D eigenvalue weighted by Gasteiger charge is -1.77. The Kier molecular flexibility index (Phi) is 3.96. The number of hydrogen-bond donors (Lipinski definition) is 0. The summed E-state index contributed by atoms with van der Waals surface area (Å²) in [5.74, 6) is 0. The maximum atomic E-state index is 4.42. The van der Waals surface area contributed by atoms with Crippen molar-refractivity contribution in [3.8, 4) is 0 Å².